The van der Waals surface area contributed by atoms with Gasteiger partial charge in [0, 0.05) is 31.3 Å². The summed E-state index contributed by atoms with van der Waals surface area (Å²) in [5, 5.41) is 27.9. The van der Waals surface area contributed by atoms with Crippen LogP contribution < -0.4 is 5.32 Å². The van der Waals surface area contributed by atoms with E-state index in [9.17, 15) is 15.0 Å². The molecule has 2 aromatic heterocycles. The van der Waals surface area contributed by atoms with E-state index >= 15 is 0 Å². The number of hydrogen-bond donors (Lipinski definition) is 3. The molecule has 0 saturated carbocycles. The number of benzene rings is 2. The number of para-hydroxylation sites is 1. The van der Waals surface area contributed by atoms with Crippen molar-refractivity contribution in [2.45, 2.75) is 19.4 Å². The van der Waals surface area contributed by atoms with E-state index in [1.165, 1.54) is 0 Å². The Labute approximate surface area is 211 Å². The molecule has 0 aliphatic carbocycles. The number of phenolic OH excluding ortho intramolecular Hbond substituents is 1. The Balaban J connectivity index is 1.33. The standard InChI is InChI=1S/C26H26BrN5O3/c27-21-14-29-32-24(12-22(30-25(21)32)20-9-3-4-10-23(20)33)28-13-17-6-5-11-31(15-17)16-18-7-1-2-8-19(18)26(34)35/h1-4,7-10,12,14,17,28,33H,5-6,11,13,15-16H2,(H,34,35). The van der Waals surface area contributed by atoms with Crippen LogP contribution in [-0.4, -0.2) is 55.3 Å². The van der Waals surface area contributed by atoms with Gasteiger partial charge in [-0.2, -0.15) is 9.61 Å². The van der Waals surface area contributed by atoms with Crippen molar-refractivity contribution >= 4 is 33.4 Å². The van der Waals surface area contributed by atoms with Gasteiger partial charge in [-0.1, -0.05) is 30.3 Å². The number of rotatable bonds is 7. The Morgan fingerprint density at radius 2 is 1.97 bits per heavy atom. The van der Waals surface area contributed by atoms with Crippen LogP contribution in [0.4, 0.5) is 5.82 Å². The number of phenols is 1. The second-order valence-corrected chi connectivity index (χ2v) is 9.71. The van der Waals surface area contributed by atoms with Gasteiger partial charge >= 0.3 is 5.97 Å². The zero-order chi connectivity index (χ0) is 24.4. The van der Waals surface area contributed by atoms with Crippen LogP contribution in [0.25, 0.3) is 16.9 Å². The average molecular weight is 536 g/mol. The van der Waals surface area contributed by atoms with Crippen molar-refractivity contribution in [3.63, 3.8) is 0 Å². The summed E-state index contributed by atoms with van der Waals surface area (Å²) in [5.41, 5.74) is 3.21. The molecule has 180 valence electrons. The van der Waals surface area contributed by atoms with E-state index in [2.05, 4.69) is 31.2 Å². The molecule has 5 rings (SSSR count). The number of aromatic hydroxyl groups is 1. The van der Waals surface area contributed by atoms with Crippen LogP contribution in [0.15, 0.2) is 65.3 Å². The Morgan fingerprint density at radius 3 is 2.80 bits per heavy atom. The van der Waals surface area contributed by atoms with Crippen LogP contribution in [0.1, 0.15) is 28.8 Å². The number of halogens is 1. The van der Waals surface area contributed by atoms with Crippen molar-refractivity contribution in [1.29, 1.82) is 0 Å². The molecule has 1 saturated heterocycles. The summed E-state index contributed by atoms with van der Waals surface area (Å²) in [6.45, 7) is 3.20. The normalized spacial score (nSPS) is 16.4. The second kappa shape index (κ2) is 10.1. The van der Waals surface area contributed by atoms with Gasteiger partial charge in [0.15, 0.2) is 5.65 Å². The lowest BCUT2D eigenvalue weighted by molar-refractivity contribution is 0.0693. The SMILES string of the molecule is O=C(O)c1ccccc1CN1CCCC(CNc2cc(-c3ccccc3O)nc3c(Br)cnn23)C1. The van der Waals surface area contributed by atoms with Crippen LogP contribution in [0.2, 0.25) is 0 Å². The van der Waals surface area contributed by atoms with Crippen LogP contribution in [0, 0.1) is 5.92 Å². The number of nitrogens with zero attached hydrogens (tertiary/aromatic N) is 4. The molecule has 2 aromatic carbocycles. The Morgan fingerprint density at radius 1 is 1.17 bits per heavy atom. The number of aromatic nitrogens is 3. The van der Waals surface area contributed by atoms with Crippen molar-refractivity contribution in [2.24, 2.45) is 5.92 Å². The average Bonchev–Trinajstić information content (AvgIpc) is 3.24. The number of hydrogen-bond acceptors (Lipinski definition) is 6. The number of nitrogens with one attached hydrogen (secondary N) is 1. The summed E-state index contributed by atoms with van der Waals surface area (Å²) >= 11 is 3.52. The van der Waals surface area contributed by atoms with E-state index < -0.39 is 5.97 Å². The van der Waals surface area contributed by atoms with Crippen molar-refractivity contribution in [3.05, 3.63) is 76.4 Å². The summed E-state index contributed by atoms with van der Waals surface area (Å²) < 4.78 is 2.54. The fourth-order valence-electron chi connectivity index (χ4n) is 4.71. The molecule has 3 heterocycles. The lowest BCUT2D eigenvalue weighted by atomic mass is 9.97. The minimum atomic E-state index is -0.886. The van der Waals surface area contributed by atoms with Gasteiger partial charge in [0.25, 0.3) is 0 Å². The molecular weight excluding hydrogens is 510 g/mol. The lowest BCUT2D eigenvalue weighted by Crippen LogP contribution is -2.38. The molecule has 8 nitrogen and oxygen atoms in total. The predicted octanol–water partition coefficient (Wildman–Crippen LogP) is 4.89. The molecular formula is C26H26BrN5O3. The minimum absolute atomic E-state index is 0.176. The molecule has 3 N–H and O–H groups in total. The molecule has 0 spiro atoms. The molecule has 4 aromatic rings. The van der Waals surface area contributed by atoms with Crippen LogP contribution >= 0.6 is 15.9 Å². The number of piperidine rings is 1. The van der Waals surface area contributed by atoms with E-state index in [0.717, 1.165) is 48.3 Å². The van der Waals surface area contributed by atoms with Gasteiger partial charge in [0.1, 0.15) is 11.6 Å². The van der Waals surface area contributed by atoms with Gasteiger partial charge < -0.3 is 15.5 Å². The molecule has 9 heteroatoms. The maximum absolute atomic E-state index is 11.6. The maximum atomic E-state index is 11.6. The van der Waals surface area contributed by atoms with Crippen LogP contribution in [0.5, 0.6) is 5.75 Å². The number of anilines is 1. The molecule has 1 aliphatic heterocycles. The van der Waals surface area contributed by atoms with Gasteiger partial charge in [-0.25, -0.2) is 9.78 Å². The number of fused-ring (bicyclic) bond motifs is 1. The van der Waals surface area contributed by atoms with E-state index in [1.54, 1.807) is 35.0 Å². The molecule has 0 amide bonds. The Kier molecular flexibility index (Phi) is 6.70. The van der Waals surface area contributed by atoms with Gasteiger partial charge in [-0.3, -0.25) is 4.90 Å². The highest BCUT2D eigenvalue weighted by atomic mass is 79.9. The first-order valence-corrected chi connectivity index (χ1v) is 12.4. The summed E-state index contributed by atoms with van der Waals surface area (Å²) in [6.07, 6.45) is 3.86. The third kappa shape index (κ3) is 5.01. The molecule has 1 unspecified atom stereocenters. The van der Waals surface area contributed by atoms with Crippen LogP contribution in [-0.2, 0) is 6.54 Å². The first-order chi connectivity index (χ1) is 17.0. The van der Waals surface area contributed by atoms with Crippen molar-refractivity contribution in [2.75, 3.05) is 25.0 Å². The predicted molar refractivity (Wildman–Crippen MR) is 138 cm³/mol. The number of likely N-dealkylation sites (tertiary alicyclic amines) is 1. The minimum Gasteiger partial charge on any atom is -0.507 e. The largest absolute Gasteiger partial charge is 0.507 e. The molecule has 0 radical (unpaired) electrons. The number of carboxylic acid groups (broad SMARTS) is 1. The smallest absolute Gasteiger partial charge is 0.336 e. The molecule has 35 heavy (non-hydrogen) atoms. The molecule has 1 aliphatic rings. The zero-order valence-corrected chi connectivity index (χ0v) is 20.6. The first kappa shape index (κ1) is 23.3. The van der Waals surface area contributed by atoms with Crippen molar-refractivity contribution in [3.8, 4) is 17.0 Å². The third-order valence-corrected chi connectivity index (χ3v) is 6.98. The Bertz CT molecular complexity index is 1370. The van der Waals surface area contributed by atoms with E-state index in [0.29, 0.717) is 34.9 Å². The van der Waals surface area contributed by atoms with Gasteiger partial charge in [0.05, 0.1) is 21.9 Å². The highest BCUT2D eigenvalue weighted by Crippen LogP contribution is 2.31. The first-order valence-electron chi connectivity index (χ1n) is 11.6. The van der Waals surface area contributed by atoms with E-state index in [-0.39, 0.29) is 5.75 Å². The van der Waals surface area contributed by atoms with Crippen molar-refractivity contribution < 1.29 is 15.0 Å². The number of carboxylic acids is 1. The van der Waals surface area contributed by atoms with Gasteiger partial charge in [-0.15, -0.1) is 0 Å². The van der Waals surface area contributed by atoms with E-state index in [1.807, 2.05) is 30.3 Å². The highest BCUT2D eigenvalue weighted by molar-refractivity contribution is 9.10. The maximum Gasteiger partial charge on any atom is 0.336 e. The number of carbonyl (C=O) groups is 1. The fraction of sp³-hybridized carbons (Fsp3) is 0.269. The molecule has 1 atom stereocenters. The molecule has 0 bridgehead atoms. The van der Waals surface area contributed by atoms with Gasteiger partial charge in [-0.05, 0) is 65.0 Å². The third-order valence-electron chi connectivity index (χ3n) is 6.43. The summed E-state index contributed by atoms with van der Waals surface area (Å²) in [7, 11) is 0. The second-order valence-electron chi connectivity index (χ2n) is 8.86. The molecule has 1 fully saturated rings. The number of aromatic carboxylic acids is 1. The monoisotopic (exact) mass is 535 g/mol. The zero-order valence-electron chi connectivity index (χ0n) is 19.1. The lowest BCUT2D eigenvalue weighted by Gasteiger charge is -2.33. The summed E-state index contributed by atoms with van der Waals surface area (Å²) in [5.74, 6) is 0.488. The van der Waals surface area contributed by atoms with E-state index in [4.69, 9.17) is 4.98 Å². The quantitative estimate of drug-likeness (QED) is 0.309. The summed E-state index contributed by atoms with van der Waals surface area (Å²) in [6, 6.07) is 16.3. The summed E-state index contributed by atoms with van der Waals surface area (Å²) in [4.78, 5) is 18.6. The van der Waals surface area contributed by atoms with Gasteiger partial charge in [0.2, 0.25) is 0 Å². The van der Waals surface area contributed by atoms with Crippen LogP contribution in [0.3, 0.4) is 0 Å². The van der Waals surface area contributed by atoms with Crippen molar-refractivity contribution in [1.82, 2.24) is 19.5 Å². The fourth-order valence-corrected chi connectivity index (χ4v) is 5.06. The topological polar surface area (TPSA) is 103 Å². The Hall–Kier alpha value is -3.43. The highest BCUT2D eigenvalue weighted by Gasteiger charge is 2.22.